The van der Waals surface area contributed by atoms with E-state index >= 15 is 0 Å². The molecule has 18 heavy (non-hydrogen) atoms. The van der Waals surface area contributed by atoms with Crippen LogP contribution in [-0.4, -0.2) is 23.0 Å². The highest BCUT2D eigenvalue weighted by molar-refractivity contribution is 7.99. The van der Waals surface area contributed by atoms with Gasteiger partial charge in [-0.3, -0.25) is 0 Å². The lowest BCUT2D eigenvalue weighted by atomic mass is 10.1. The second kappa shape index (κ2) is 7.39. The molecule has 0 aliphatic heterocycles. The predicted octanol–water partition coefficient (Wildman–Crippen LogP) is 3.70. The summed E-state index contributed by atoms with van der Waals surface area (Å²) >= 11 is 7.82. The summed E-state index contributed by atoms with van der Waals surface area (Å²) in [4.78, 5) is 1.24. The van der Waals surface area contributed by atoms with Gasteiger partial charge >= 0.3 is 0 Å². The molecule has 1 aromatic carbocycles. The molecule has 0 amide bonds. The van der Waals surface area contributed by atoms with Gasteiger partial charge in [-0.05, 0) is 51.0 Å². The Hall–Kier alpha value is -0.220. The van der Waals surface area contributed by atoms with Crippen LogP contribution in [0.4, 0.5) is 0 Å². The topological polar surface area (TPSA) is 32.3 Å². The maximum atomic E-state index is 8.82. The molecule has 0 atom stereocenters. The van der Waals surface area contributed by atoms with Crippen molar-refractivity contribution in [3.8, 4) is 0 Å². The Morgan fingerprint density at radius 2 is 2.06 bits per heavy atom. The third-order valence-corrected chi connectivity index (χ3v) is 3.83. The molecule has 1 aromatic rings. The lowest BCUT2D eigenvalue weighted by Crippen LogP contribution is -2.35. The first-order valence-electron chi connectivity index (χ1n) is 6.19. The van der Waals surface area contributed by atoms with E-state index in [1.165, 1.54) is 10.5 Å². The second-order valence-electron chi connectivity index (χ2n) is 5.28. The Balaban J connectivity index is 2.70. The Morgan fingerprint density at radius 3 is 2.67 bits per heavy atom. The molecule has 2 nitrogen and oxygen atoms in total. The van der Waals surface area contributed by atoms with Crippen molar-refractivity contribution in [2.45, 2.75) is 44.2 Å². The molecule has 0 fully saturated rings. The van der Waals surface area contributed by atoms with Gasteiger partial charge in [-0.1, -0.05) is 11.6 Å². The van der Waals surface area contributed by atoms with Crippen LogP contribution in [-0.2, 0) is 6.54 Å². The Kier molecular flexibility index (Phi) is 6.50. The van der Waals surface area contributed by atoms with Crippen LogP contribution >= 0.6 is 23.4 Å². The fourth-order valence-electron chi connectivity index (χ4n) is 1.43. The number of rotatable bonds is 6. The quantitative estimate of drug-likeness (QED) is 0.618. The molecule has 0 bridgehead atoms. The average molecular weight is 288 g/mol. The van der Waals surface area contributed by atoms with Gasteiger partial charge in [0.05, 0.1) is 0 Å². The van der Waals surface area contributed by atoms with E-state index in [-0.39, 0.29) is 12.1 Å². The van der Waals surface area contributed by atoms with E-state index in [0.29, 0.717) is 0 Å². The molecule has 0 saturated heterocycles. The van der Waals surface area contributed by atoms with Crippen molar-refractivity contribution in [1.82, 2.24) is 5.32 Å². The molecular formula is C14H22ClNOS. The summed E-state index contributed by atoms with van der Waals surface area (Å²) in [5.74, 6) is 0.931. The van der Waals surface area contributed by atoms with Crippen molar-refractivity contribution in [1.29, 1.82) is 0 Å². The summed E-state index contributed by atoms with van der Waals surface area (Å²) in [6.45, 7) is 7.50. The third kappa shape index (κ3) is 6.10. The van der Waals surface area contributed by atoms with Crippen molar-refractivity contribution in [2.24, 2.45) is 0 Å². The van der Waals surface area contributed by atoms with Gasteiger partial charge in [-0.25, -0.2) is 0 Å². The molecule has 102 valence electrons. The lowest BCUT2D eigenvalue weighted by molar-refractivity contribution is 0.296. The van der Waals surface area contributed by atoms with Gasteiger partial charge in [-0.2, -0.15) is 0 Å². The predicted molar refractivity (Wildman–Crippen MR) is 80.5 cm³/mol. The largest absolute Gasteiger partial charge is 0.396 e. The van der Waals surface area contributed by atoms with Crippen LogP contribution in [0.3, 0.4) is 0 Å². The first kappa shape index (κ1) is 15.8. The number of nitrogens with one attached hydrogen (secondary N) is 1. The highest BCUT2D eigenvalue weighted by Gasteiger charge is 2.11. The maximum Gasteiger partial charge on any atom is 0.0439 e. The van der Waals surface area contributed by atoms with E-state index in [9.17, 15) is 0 Å². The minimum absolute atomic E-state index is 0.0926. The highest BCUT2D eigenvalue weighted by Crippen LogP contribution is 2.26. The van der Waals surface area contributed by atoms with Crippen molar-refractivity contribution in [3.63, 3.8) is 0 Å². The number of thioether (sulfide) groups is 1. The zero-order chi connectivity index (χ0) is 13.6. The smallest absolute Gasteiger partial charge is 0.0439 e. The average Bonchev–Trinajstić information content (AvgIpc) is 2.28. The number of benzene rings is 1. The number of hydrogen-bond donors (Lipinski definition) is 2. The number of aliphatic hydroxyl groups excluding tert-OH is 1. The number of hydrogen-bond acceptors (Lipinski definition) is 3. The van der Waals surface area contributed by atoms with E-state index in [2.05, 4.69) is 32.2 Å². The molecular weight excluding hydrogens is 266 g/mol. The van der Waals surface area contributed by atoms with Crippen molar-refractivity contribution < 1.29 is 5.11 Å². The van der Waals surface area contributed by atoms with Crippen LogP contribution < -0.4 is 5.32 Å². The Morgan fingerprint density at radius 1 is 1.33 bits per heavy atom. The van der Waals surface area contributed by atoms with Gasteiger partial charge in [0, 0.05) is 34.4 Å². The van der Waals surface area contributed by atoms with E-state index < -0.39 is 0 Å². The first-order valence-corrected chi connectivity index (χ1v) is 7.56. The summed E-state index contributed by atoms with van der Waals surface area (Å²) < 4.78 is 0. The SMILES string of the molecule is CC(C)(C)NCc1cc(Cl)ccc1SCCCO. The standard InChI is InChI=1S/C14H22ClNOS/c1-14(2,3)16-10-11-9-12(15)5-6-13(11)18-8-4-7-17/h5-6,9,16-17H,4,7-8,10H2,1-3H3. The number of halogens is 1. The van der Waals surface area contributed by atoms with Crippen LogP contribution in [0.5, 0.6) is 0 Å². The zero-order valence-electron chi connectivity index (χ0n) is 11.3. The van der Waals surface area contributed by atoms with E-state index in [1.54, 1.807) is 11.8 Å². The molecule has 0 spiro atoms. The lowest BCUT2D eigenvalue weighted by Gasteiger charge is -2.21. The third-order valence-electron chi connectivity index (χ3n) is 2.39. The molecule has 1 rings (SSSR count). The molecule has 2 N–H and O–H groups in total. The molecule has 0 aromatic heterocycles. The molecule has 0 aliphatic carbocycles. The van der Waals surface area contributed by atoms with Crippen LogP contribution in [0.15, 0.2) is 23.1 Å². The second-order valence-corrected chi connectivity index (χ2v) is 6.85. The van der Waals surface area contributed by atoms with Crippen LogP contribution in [0.1, 0.15) is 32.8 Å². The fraction of sp³-hybridized carbons (Fsp3) is 0.571. The molecule has 4 heteroatoms. The molecule has 0 aliphatic rings. The molecule has 0 heterocycles. The van der Waals surface area contributed by atoms with Gasteiger partial charge in [0.2, 0.25) is 0 Å². The number of aliphatic hydroxyl groups is 1. The van der Waals surface area contributed by atoms with Crippen LogP contribution in [0, 0.1) is 0 Å². The summed E-state index contributed by atoms with van der Waals surface area (Å²) in [5, 5.41) is 13.1. The van der Waals surface area contributed by atoms with Crippen molar-refractivity contribution >= 4 is 23.4 Å². The van der Waals surface area contributed by atoms with E-state index in [4.69, 9.17) is 16.7 Å². The van der Waals surface area contributed by atoms with Gasteiger partial charge in [-0.15, -0.1) is 11.8 Å². The van der Waals surface area contributed by atoms with Gasteiger partial charge < -0.3 is 10.4 Å². The normalized spacial score (nSPS) is 11.8. The minimum Gasteiger partial charge on any atom is -0.396 e. The minimum atomic E-state index is 0.0926. The van der Waals surface area contributed by atoms with Crippen LogP contribution in [0.25, 0.3) is 0 Å². The summed E-state index contributed by atoms with van der Waals surface area (Å²) in [6, 6.07) is 6.00. The zero-order valence-corrected chi connectivity index (χ0v) is 12.9. The van der Waals surface area contributed by atoms with E-state index in [0.717, 1.165) is 23.7 Å². The van der Waals surface area contributed by atoms with Crippen molar-refractivity contribution in [2.75, 3.05) is 12.4 Å². The molecule has 0 unspecified atom stereocenters. The maximum absolute atomic E-state index is 8.82. The van der Waals surface area contributed by atoms with Gasteiger partial charge in [0.1, 0.15) is 0 Å². The van der Waals surface area contributed by atoms with Crippen LogP contribution in [0.2, 0.25) is 5.02 Å². The highest BCUT2D eigenvalue weighted by atomic mass is 35.5. The first-order chi connectivity index (χ1) is 8.42. The van der Waals surface area contributed by atoms with E-state index in [1.807, 2.05) is 12.1 Å². The molecule has 0 saturated carbocycles. The summed E-state index contributed by atoms with van der Waals surface area (Å²) in [7, 11) is 0. The van der Waals surface area contributed by atoms with Gasteiger partial charge in [0.25, 0.3) is 0 Å². The van der Waals surface area contributed by atoms with Gasteiger partial charge in [0.15, 0.2) is 0 Å². The molecule has 0 radical (unpaired) electrons. The Labute approximate surface area is 119 Å². The summed E-state index contributed by atoms with van der Waals surface area (Å²) in [6.07, 6.45) is 0.819. The fourth-order valence-corrected chi connectivity index (χ4v) is 2.60. The monoisotopic (exact) mass is 287 g/mol. The Bertz CT molecular complexity index is 377. The summed E-state index contributed by atoms with van der Waals surface area (Å²) in [5.41, 5.74) is 1.32. The van der Waals surface area contributed by atoms with Crippen molar-refractivity contribution in [3.05, 3.63) is 28.8 Å².